The molecule has 0 fully saturated rings. The first-order valence-corrected chi connectivity index (χ1v) is 9.94. The molecule has 0 atom stereocenters. The molecule has 4 aromatic rings. The summed E-state index contributed by atoms with van der Waals surface area (Å²) in [7, 11) is 0. The number of rotatable bonds is 5. The van der Waals surface area contributed by atoms with Crippen molar-refractivity contribution in [2.24, 2.45) is 4.99 Å². The van der Waals surface area contributed by atoms with Crippen molar-refractivity contribution in [3.63, 3.8) is 0 Å². The molecule has 2 aromatic carbocycles. The molecule has 0 spiro atoms. The van der Waals surface area contributed by atoms with E-state index in [-0.39, 0.29) is 5.76 Å². The van der Waals surface area contributed by atoms with Crippen molar-refractivity contribution in [2.75, 3.05) is 6.61 Å². The molecule has 0 N–H and O–H groups in total. The summed E-state index contributed by atoms with van der Waals surface area (Å²) in [6.45, 7) is 6.73. The van der Waals surface area contributed by atoms with Crippen LogP contribution in [0.2, 0.25) is 5.02 Å². The van der Waals surface area contributed by atoms with Crippen LogP contribution in [-0.2, 0) is 6.54 Å². The minimum absolute atomic E-state index is 0.169. The van der Waals surface area contributed by atoms with Gasteiger partial charge in [-0.25, -0.2) is 0 Å². The molecule has 0 radical (unpaired) electrons. The lowest BCUT2D eigenvalue weighted by Crippen LogP contribution is -2.16. The highest BCUT2D eigenvalue weighted by Gasteiger charge is 2.15. The van der Waals surface area contributed by atoms with Gasteiger partial charge in [0.1, 0.15) is 0 Å². The average Bonchev–Trinajstić information content (AvgIpc) is 3.25. The molecule has 1 amide bonds. The molecule has 142 valence electrons. The van der Waals surface area contributed by atoms with E-state index >= 15 is 0 Å². The SMILES string of the molecule is C=CCn1c(=NC(=O)c2cc3cccc(OCC)c3o2)sc2cc(Cl)ccc21. The molecule has 0 saturated heterocycles. The number of para-hydroxylation sites is 1. The van der Waals surface area contributed by atoms with Crippen LogP contribution >= 0.6 is 22.9 Å². The third kappa shape index (κ3) is 3.37. The summed E-state index contributed by atoms with van der Waals surface area (Å²) in [5.41, 5.74) is 1.49. The minimum Gasteiger partial charge on any atom is -0.490 e. The van der Waals surface area contributed by atoms with Gasteiger partial charge in [-0.2, -0.15) is 4.99 Å². The molecule has 7 heteroatoms. The molecular formula is C21H17ClN2O3S. The summed E-state index contributed by atoms with van der Waals surface area (Å²) in [5.74, 6) is 0.328. The van der Waals surface area contributed by atoms with Gasteiger partial charge < -0.3 is 13.7 Å². The van der Waals surface area contributed by atoms with E-state index in [4.69, 9.17) is 20.8 Å². The van der Waals surface area contributed by atoms with Gasteiger partial charge in [-0.15, -0.1) is 6.58 Å². The van der Waals surface area contributed by atoms with Crippen molar-refractivity contribution >= 4 is 50.0 Å². The number of hydrogen-bond donors (Lipinski definition) is 0. The number of halogens is 1. The standard InChI is InChI=1S/C21H17ClN2O3S/c1-3-10-24-15-9-8-14(22)12-18(15)28-21(24)23-20(25)17-11-13-6-5-7-16(26-4-2)19(13)27-17/h3,5-9,11-12H,1,4,10H2,2H3. The summed E-state index contributed by atoms with van der Waals surface area (Å²) in [6.07, 6.45) is 1.76. The van der Waals surface area contributed by atoms with Crippen molar-refractivity contribution in [1.29, 1.82) is 0 Å². The predicted molar refractivity (Wildman–Crippen MR) is 112 cm³/mol. The number of fused-ring (bicyclic) bond motifs is 2. The van der Waals surface area contributed by atoms with Crippen LogP contribution in [0.5, 0.6) is 5.75 Å². The molecular weight excluding hydrogens is 396 g/mol. The lowest BCUT2D eigenvalue weighted by Gasteiger charge is -2.02. The zero-order valence-electron chi connectivity index (χ0n) is 15.1. The zero-order valence-corrected chi connectivity index (χ0v) is 16.7. The maximum Gasteiger partial charge on any atom is 0.315 e. The summed E-state index contributed by atoms with van der Waals surface area (Å²) < 4.78 is 14.2. The van der Waals surface area contributed by atoms with Crippen molar-refractivity contribution < 1.29 is 13.9 Å². The van der Waals surface area contributed by atoms with E-state index in [1.807, 2.05) is 47.9 Å². The Morgan fingerprint density at radius 1 is 1.36 bits per heavy atom. The predicted octanol–water partition coefficient (Wildman–Crippen LogP) is 5.43. The Morgan fingerprint density at radius 2 is 2.21 bits per heavy atom. The second-order valence-electron chi connectivity index (χ2n) is 6.03. The Kier molecular flexibility index (Phi) is 5.07. The Labute approximate surface area is 170 Å². The molecule has 0 bridgehead atoms. The summed E-state index contributed by atoms with van der Waals surface area (Å²) in [4.78, 5) is 17.7. The van der Waals surface area contributed by atoms with E-state index in [2.05, 4.69) is 11.6 Å². The molecule has 5 nitrogen and oxygen atoms in total. The quantitative estimate of drug-likeness (QED) is 0.411. The maximum atomic E-state index is 12.8. The Hall–Kier alpha value is -2.83. The number of aromatic nitrogens is 1. The molecule has 2 heterocycles. The number of amides is 1. The Balaban J connectivity index is 1.82. The van der Waals surface area contributed by atoms with Crippen molar-refractivity contribution in [1.82, 2.24) is 4.57 Å². The number of benzene rings is 2. The lowest BCUT2D eigenvalue weighted by molar-refractivity contribution is 0.0973. The first-order chi connectivity index (χ1) is 13.6. The van der Waals surface area contributed by atoms with Crippen LogP contribution in [0.25, 0.3) is 21.2 Å². The summed E-state index contributed by atoms with van der Waals surface area (Å²) >= 11 is 7.49. The number of hydrogen-bond acceptors (Lipinski definition) is 4. The van der Waals surface area contributed by atoms with Gasteiger partial charge in [-0.05, 0) is 37.3 Å². The normalized spacial score (nSPS) is 12.0. The van der Waals surface area contributed by atoms with Crippen LogP contribution in [0.15, 0.2) is 64.5 Å². The Morgan fingerprint density at radius 3 is 3.00 bits per heavy atom. The van der Waals surface area contributed by atoms with Gasteiger partial charge >= 0.3 is 5.91 Å². The monoisotopic (exact) mass is 412 g/mol. The number of ether oxygens (including phenoxy) is 1. The molecule has 0 unspecified atom stereocenters. The third-order valence-electron chi connectivity index (χ3n) is 4.17. The molecule has 2 aromatic heterocycles. The first-order valence-electron chi connectivity index (χ1n) is 8.75. The number of nitrogens with zero attached hydrogens (tertiary/aromatic N) is 2. The molecule has 0 aliphatic rings. The van der Waals surface area contributed by atoms with E-state index in [1.165, 1.54) is 11.3 Å². The van der Waals surface area contributed by atoms with Crippen LogP contribution in [0.1, 0.15) is 17.5 Å². The van der Waals surface area contributed by atoms with E-state index < -0.39 is 5.91 Å². The van der Waals surface area contributed by atoms with Gasteiger partial charge in [0.25, 0.3) is 0 Å². The van der Waals surface area contributed by atoms with Crippen molar-refractivity contribution in [2.45, 2.75) is 13.5 Å². The fourth-order valence-corrected chi connectivity index (χ4v) is 4.30. The van der Waals surface area contributed by atoms with E-state index in [1.54, 1.807) is 12.1 Å². The van der Waals surface area contributed by atoms with Crippen LogP contribution in [0, 0.1) is 0 Å². The van der Waals surface area contributed by atoms with Gasteiger partial charge in [0, 0.05) is 17.0 Å². The first kappa shape index (κ1) is 18.5. The number of thiazole rings is 1. The highest BCUT2D eigenvalue weighted by molar-refractivity contribution is 7.16. The van der Waals surface area contributed by atoms with Gasteiger partial charge in [0.05, 0.1) is 16.8 Å². The fraction of sp³-hybridized carbons (Fsp3) is 0.143. The molecule has 0 saturated carbocycles. The number of carbonyl (C=O) groups is 1. The fourth-order valence-electron chi connectivity index (χ4n) is 2.99. The number of furan rings is 1. The maximum absolute atomic E-state index is 12.8. The largest absolute Gasteiger partial charge is 0.490 e. The number of carbonyl (C=O) groups excluding carboxylic acids is 1. The lowest BCUT2D eigenvalue weighted by atomic mass is 10.2. The number of allylic oxidation sites excluding steroid dienone is 1. The third-order valence-corrected chi connectivity index (χ3v) is 5.45. The Bertz CT molecular complexity index is 1270. The van der Waals surface area contributed by atoms with Crippen molar-refractivity contribution in [3.8, 4) is 5.75 Å². The van der Waals surface area contributed by atoms with E-state index in [0.29, 0.717) is 34.3 Å². The zero-order chi connectivity index (χ0) is 19.7. The van der Waals surface area contributed by atoms with Gasteiger partial charge in [-0.3, -0.25) is 4.79 Å². The highest BCUT2D eigenvalue weighted by Crippen LogP contribution is 2.29. The average molecular weight is 413 g/mol. The molecule has 4 rings (SSSR count). The van der Waals surface area contributed by atoms with Crippen LogP contribution < -0.4 is 9.54 Å². The van der Waals surface area contributed by atoms with Gasteiger partial charge in [-0.1, -0.05) is 41.1 Å². The topological polar surface area (TPSA) is 56.7 Å². The summed E-state index contributed by atoms with van der Waals surface area (Å²) in [6, 6.07) is 12.8. The van der Waals surface area contributed by atoms with E-state index in [0.717, 1.165) is 15.6 Å². The molecule has 28 heavy (non-hydrogen) atoms. The molecule has 0 aliphatic carbocycles. The highest BCUT2D eigenvalue weighted by atomic mass is 35.5. The molecule has 0 aliphatic heterocycles. The summed E-state index contributed by atoms with van der Waals surface area (Å²) in [5, 5.41) is 1.43. The van der Waals surface area contributed by atoms with Crippen molar-refractivity contribution in [3.05, 3.63) is 70.7 Å². The van der Waals surface area contributed by atoms with Gasteiger partial charge in [0.15, 0.2) is 21.9 Å². The minimum atomic E-state index is -0.450. The van der Waals surface area contributed by atoms with E-state index in [9.17, 15) is 4.79 Å². The van der Waals surface area contributed by atoms with Crippen LogP contribution in [-0.4, -0.2) is 17.1 Å². The second-order valence-corrected chi connectivity index (χ2v) is 7.48. The van der Waals surface area contributed by atoms with Crippen LogP contribution in [0.4, 0.5) is 0 Å². The van der Waals surface area contributed by atoms with Crippen LogP contribution in [0.3, 0.4) is 0 Å². The smallest absolute Gasteiger partial charge is 0.315 e. The second kappa shape index (κ2) is 7.66. The van der Waals surface area contributed by atoms with Gasteiger partial charge in [0.2, 0.25) is 0 Å².